The molecule has 0 radical (unpaired) electrons. The summed E-state index contributed by atoms with van der Waals surface area (Å²) in [6.07, 6.45) is 0. The minimum Gasteiger partial charge on any atom is -0.309 e. The van der Waals surface area contributed by atoms with Crippen molar-refractivity contribution in [3.8, 4) is 22.3 Å². The molecule has 232 valence electrons. The first-order valence-electron chi connectivity index (χ1n) is 17.0. The summed E-state index contributed by atoms with van der Waals surface area (Å²) in [5, 5.41) is 7.68. The fourth-order valence-corrected chi connectivity index (χ4v) is 9.29. The van der Waals surface area contributed by atoms with E-state index in [1.54, 1.807) is 0 Å². The SMILES string of the molecule is CC1(C)c2ccccc2-c2c1cc1ccccc1c2N(c1cccc(-c2ccccc2)c1)c1ccc2sc3cc4ccccc4cc3c2c1. The Morgan fingerprint density at radius 1 is 0.449 bits per heavy atom. The molecule has 0 saturated heterocycles. The number of hydrogen-bond donors (Lipinski definition) is 0. The van der Waals surface area contributed by atoms with Gasteiger partial charge < -0.3 is 4.90 Å². The summed E-state index contributed by atoms with van der Waals surface area (Å²) in [5.74, 6) is 0. The van der Waals surface area contributed by atoms with E-state index < -0.39 is 0 Å². The van der Waals surface area contributed by atoms with Crippen molar-refractivity contribution in [3.63, 3.8) is 0 Å². The third-order valence-electron chi connectivity index (χ3n) is 10.6. The highest BCUT2D eigenvalue weighted by Gasteiger charge is 2.39. The first kappa shape index (κ1) is 28.3. The van der Waals surface area contributed by atoms with Gasteiger partial charge in [0, 0.05) is 47.9 Å². The molecular formula is C47H33NS. The molecule has 0 spiro atoms. The highest BCUT2D eigenvalue weighted by Crippen LogP contribution is 2.57. The maximum atomic E-state index is 2.54. The van der Waals surface area contributed by atoms with Crippen LogP contribution in [0.25, 0.3) is 64.0 Å². The molecule has 1 aliphatic carbocycles. The molecular weight excluding hydrogens is 611 g/mol. The number of thiophene rings is 1. The third-order valence-corrected chi connectivity index (χ3v) is 11.7. The molecule has 2 heteroatoms. The van der Waals surface area contributed by atoms with Crippen LogP contribution in [0.4, 0.5) is 17.1 Å². The van der Waals surface area contributed by atoms with Crippen molar-refractivity contribution in [1.82, 2.24) is 0 Å². The number of fused-ring (bicyclic) bond motifs is 8. The van der Waals surface area contributed by atoms with Crippen LogP contribution in [0, 0.1) is 0 Å². The Kier molecular flexibility index (Phi) is 6.16. The lowest BCUT2D eigenvalue weighted by molar-refractivity contribution is 0.661. The molecule has 49 heavy (non-hydrogen) atoms. The van der Waals surface area contributed by atoms with Crippen molar-refractivity contribution in [1.29, 1.82) is 0 Å². The van der Waals surface area contributed by atoms with Crippen molar-refractivity contribution in [2.24, 2.45) is 0 Å². The van der Waals surface area contributed by atoms with Crippen LogP contribution in [-0.2, 0) is 5.41 Å². The Morgan fingerprint density at radius 3 is 1.98 bits per heavy atom. The maximum absolute atomic E-state index is 2.54. The molecule has 0 amide bonds. The summed E-state index contributed by atoms with van der Waals surface area (Å²) in [6, 6.07) is 60.7. The first-order valence-corrected chi connectivity index (χ1v) is 17.8. The Labute approximate surface area is 290 Å². The van der Waals surface area contributed by atoms with E-state index in [2.05, 4.69) is 183 Å². The Morgan fingerprint density at radius 2 is 1.12 bits per heavy atom. The van der Waals surface area contributed by atoms with E-state index >= 15 is 0 Å². The minimum atomic E-state index is -0.128. The Balaban J connectivity index is 1.31. The molecule has 10 rings (SSSR count). The van der Waals surface area contributed by atoms with Crippen LogP contribution in [-0.4, -0.2) is 0 Å². The summed E-state index contributed by atoms with van der Waals surface area (Å²) in [5.41, 5.74) is 11.2. The summed E-state index contributed by atoms with van der Waals surface area (Å²) in [7, 11) is 0. The van der Waals surface area contributed by atoms with E-state index in [0.29, 0.717) is 0 Å². The van der Waals surface area contributed by atoms with Gasteiger partial charge in [-0.25, -0.2) is 0 Å². The molecule has 1 aliphatic rings. The molecule has 9 aromatic rings. The average Bonchev–Trinajstić information content (AvgIpc) is 3.61. The Hall–Kier alpha value is -5.70. The second kappa shape index (κ2) is 10.7. The second-order valence-corrected chi connectivity index (χ2v) is 14.9. The number of hydrogen-bond acceptors (Lipinski definition) is 2. The molecule has 0 saturated carbocycles. The lowest BCUT2D eigenvalue weighted by Gasteiger charge is -2.31. The third kappa shape index (κ3) is 4.31. The molecule has 0 fully saturated rings. The maximum Gasteiger partial charge on any atom is 0.0621 e. The summed E-state index contributed by atoms with van der Waals surface area (Å²) in [4.78, 5) is 2.54. The summed E-state index contributed by atoms with van der Waals surface area (Å²) < 4.78 is 2.63. The van der Waals surface area contributed by atoms with Gasteiger partial charge in [0.25, 0.3) is 0 Å². The van der Waals surface area contributed by atoms with Crippen molar-refractivity contribution in [3.05, 3.63) is 175 Å². The van der Waals surface area contributed by atoms with E-state index in [1.807, 2.05) is 11.3 Å². The summed E-state index contributed by atoms with van der Waals surface area (Å²) in [6.45, 7) is 4.76. The monoisotopic (exact) mass is 643 g/mol. The van der Waals surface area contributed by atoms with E-state index in [1.165, 1.54) is 80.8 Å². The zero-order chi connectivity index (χ0) is 32.7. The molecule has 0 unspecified atom stereocenters. The number of anilines is 3. The number of nitrogens with zero attached hydrogens (tertiary/aromatic N) is 1. The zero-order valence-electron chi connectivity index (χ0n) is 27.4. The molecule has 0 bridgehead atoms. The van der Waals surface area contributed by atoms with Crippen LogP contribution < -0.4 is 4.90 Å². The summed E-state index contributed by atoms with van der Waals surface area (Å²) >= 11 is 1.88. The van der Waals surface area contributed by atoms with Crippen molar-refractivity contribution in [2.75, 3.05) is 4.90 Å². The molecule has 1 nitrogen and oxygen atoms in total. The van der Waals surface area contributed by atoms with Crippen LogP contribution in [0.5, 0.6) is 0 Å². The van der Waals surface area contributed by atoms with Gasteiger partial charge in [-0.05, 0) is 92.5 Å². The fourth-order valence-electron chi connectivity index (χ4n) is 8.17. The van der Waals surface area contributed by atoms with Gasteiger partial charge in [0.15, 0.2) is 0 Å². The number of rotatable bonds is 4. The highest BCUT2D eigenvalue weighted by molar-refractivity contribution is 7.25. The highest BCUT2D eigenvalue weighted by atomic mass is 32.1. The average molecular weight is 644 g/mol. The van der Waals surface area contributed by atoms with Gasteiger partial charge in [0.05, 0.1) is 5.69 Å². The zero-order valence-corrected chi connectivity index (χ0v) is 28.3. The topological polar surface area (TPSA) is 3.24 Å². The number of benzene rings is 8. The van der Waals surface area contributed by atoms with Crippen LogP contribution >= 0.6 is 11.3 Å². The lowest BCUT2D eigenvalue weighted by Crippen LogP contribution is -2.16. The fraction of sp³-hybridized carbons (Fsp3) is 0.0638. The van der Waals surface area contributed by atoms with E-state index in [-0.39, 0.29) is 5.41 Å². The lowest BCUT2D eigenvalue weighted by atomic mass is 9.81. The van der Waals surface area contributed by atoms with E-state index in [4.69, 9.17) is 0 Å². The van der Waals surface area contributed by atoms with Gasteiger partial charge in [-0.3, -0.25) is 0 Å². The van der Waals surface area contributed by atoms with Gasteiger partial charge in [0.1, 0.15) is 0 Å². The molecule has 0 N–H and O–H groups in total. The second-order valence-electron chi connectivity index (χ2n) is 13.8. The van der Waals surface area contributed by atoms with Gasteiger partial charge in [-0.1, -0.05) is 129 Å². The van der Waals surface area contributed by atoms with Crippen LogP contribution in [0.1, 0.15) is 25.0 Å². The van der Waals surface area contributed by atoms with Gasteiger partial charge in [-0.15, -0.1) is 11.3 Å². The van der Waals surface area contributed by atoms with Crippen LogP contribution in [0.3, 0.4) is 0 Å². The first-order chi connectivity index (χ1) is 24.0. The van der Waals surface area contributed by atoms with E-state index in [0.717, 1.165) is 11.4 Å². The molecule has 0 aliphatic heterocycles. The smallest absolute Gasteiger partial charge is 0.0621 e. The predicted octanol–water partition coefficient (Wildman–Crippen LogP) is 13.8. The van der Waals surface area contributed by atoms with Crippen molar-refractivity contribution in [2.45, 2.75) is 19.3 Å². The Bertz CT molecular complexity index is 2750. The van der Waals surface area contributed by atoms with Crippen molar-refractivity contribution >= 4 is 70.1 Å². The molecule has 1 heterocycles. The van der Waals surface area contributed by atoms with Crippen LogP contribution in [0.2, 0.25) is 0 Å². The standard InChI is InChI=1S/C47H33NS/c1-47(2)41-22-11-10-21-38(41)45-42(47)27-34-17-8-9-20-37(34)46(45)48(35-19-12-18-31(25-35)30-13-4-3-5-14-30)36-23-24-43-40(29-36)39-26-32-15-6-7-16-33(32)28-44(39)49-43/h3-29H,1-2H3. The van der Waals surface area contributed by atoms with Gasteiger partial charge >= 0.3 is 0 Å². The van der Waals surface area contributed by atoms with Gasteiger partial charge in [0.2, 0.25) is 0 Å². The molecule has 0 atom stereocenters. The van der Waals surface area contributed by atoms with Crippen LogP contribution in [0.15, 0.2) is 164 Å². The predicted molar refractivity (Wildman–Crippen MR) is 212 cm³/mol. The van der Waals surface area contributed by atoms with Gasteiger partial charge in [-0.2, -0.15) is 0 Å². The van der Waals surface area contributed by atoms with E-state index in [9.17, 15) is 0 Å². The minimum absolute atomic E-state index is 0.128. The largest absolute Gasteiger partial charge is 0.309 e. The molecule has 8 aromatic carbocycles. The van der Waals surface area contributed by atoms with Crippen molar-refractivity contribution < 1.29 is 0 Å². The normalized spacial score (nSPS) is 13.3. The molecule has 1 aromatic heterocycles. The quantitative estimate of drug-likeness (QED) is 0.184.